The molecular weight excluding hydrogens is 248 g/mol. The smallest absolute Gasteiger partial charge is 0.308 e. The minimum absolute atomic E-state index is 0.287. The first-order valence-corrected chi connectivity index (χ1v) is 5.72. The van der Waals surface area contributed by atoms with Gasteiger partial charge in [0, 0.05) is 20.3 Å². The van der Waals surface area contributed by atoms with Gasteiger partial charge in [-0.25, -0.2) is 0 Å². The Labute approximate surface area is 110 Å². The van der Waals surface area contributed by atoms with E-state index in [0.717, 1.165) is 5.56 Å². The Morgan fingerprint density at radius 3 is 2.21 bits per heavy atom. The fourth-order valence-corrected chi connectivity index (χ4v) is 1.56. The van der Waals surface area contributed by atoms with Crippen molar-refractivity contribution in [3.8, 4) is 5.75 Å². The molecule has 0 saturated heterocycles. The monoisotopic (exact) mass is 264 g/mol. The molecule has 1 aromatic rings. The van der Waals surface area contributed by atoms with Crippen LogP contribution < -0.4 is 15.8 Å². The zero-order valence-corrected chi connectivity index (χ0v) is 10.8. The van der Waals surface area contributed by atoms with Gasteiger partial charge in [-0.15, -0.1) is 0 Å². The van der Waals surface area contributed by atoms with E-state index in [2.05, 4.69) is 5.32 Å². The lowest BCUT2D eigenvalue weighted by atomic mass is 10.1. The minimum Gasteiger partial charge on any atom is -0.427 e. The second kappa shape index (κ2) is 6.53. The molecule has 6 heteroatoms. The van der Waals surface area contributed by atoms with Crippen molar-refractivity contribution in [3.05, 3.63) is 29.8 Å². The van der Waals surface area contributed by atoms with Gasteiger partial charge in [0.2, 0.25) is 11.8 Å². The summed E-state index contributed by atoms with van der Waals surface area (Å²) in [6.07, 6.45) is 0.287. The number of rotatable bonds is 5. The van der Waals surface area contributed by atoms with Crippen LogP contribution in [0.25, 0.3) is 0 Å². The van der Waals surface area contributed by atoms with E-state index < -0.39 is 17.9 Å². The predicted octanol–water partition coefficient (Wildman–Crippen LogP) is 0.144. The van der Waals surface area contributed by atoms with Gasteiger partial charge in [0.15, 0.2) is 0 Å². The number of hydrogen-bond acceptors (Lipinski definition) is 4. The van der Waals surface area contributed by atoms with Gasteiger partial charge in [-0.05, 0) is 17.7 Å². The first-order valence-electron chi connectivity index (χ1n) is 5.72. The highest BCUT2D eigenvalue weighted by atomic mass is 16.5. The Kier molecular flexibility index (Phi) is 5.05. The topological polar surface area (TPSA) is 98.5 Å². The van der Waals surface area contributed by atoms with E-state index in [1.54, 1.807) is 24.3 Å². The van der Waals surface area contributed by atoms with Gasteiger partial charge < -0.3 is 15.8 Å². The summed E-state index contributed by atoms with van der Waals surface area (Å²) in [5, 5.41) is 2.48. The standard InChI is InChI=1S/C13H16N2O4/c1-8(16)15-12(13(14)18)7-10-3-5-11(6-4-10)19-9(2)17/h3-6,12H,7H2,1-2H3,(H2,14,18)(H,15,16). The number of nitrogens with one attached hydrogen (secondary N) is 1. The third-order valence-electron chi connectivity index (χ3n) is 2.35. The Morgan fingerprint density at radius 1 is 1.21 bits per heavy atom. The van der Waals surface area contributed by atoms with Gasteiger partial charge in [0.25, 0.3) is 0 Å². The lowest BCUT2D eigenvalue weighted by Gasteiger charge is -2.14. The molecular formula is C13H16N2O4. The van der Waals surface area contributed by atoms with E-state index in [0.29, 0.717) is 5.75 Å². The Morgan fingerprint density at radius 2 is 1.79 bits per heavy atom. The van der Waals surface area contributed by atoms with Crippen molar-refractivity contribution in [2.45, 2.75) is 26.3 Å². The van der Waals surface area contributed by atoms with E-state index in [-0.39, 0.29) is 12.3 Å². The number of ether oxygens (including phenoxy) is 1. The molecule has 0 saturated carbocycles. The summed E-state index contributed by atoms with van der Waals surface area (Å²) in [7, 11) is 0. The molecule has 102 valence electrons. The number of hydrogen-bond donors (Lipinski definition) is 2. The lowest BCUT2D eigenvalue weighted by molar-refractivity contribution is -0.131. The fourth-order valence-electron chi connectivity index (χ4n) is 1.56. The highest BCUT2D eigenvalue weighted by Crippen LogP contribution is 2.13. The summed E-state index contributed by atoms with van der Waals surface area (Å²) >= 11 is 0. The van der Waals surface area contributed by atoms with Gasteiger partial charge in [-0.3, -0.25) is 14.4 Å². The number of benzene rings is 1. The van der Waals surface area contributed by atoms with Crippen LogP contribution in [0.5, 0.6) is 5.75 Å². The molecule has 0 fully saturated rings. The molecule has 3 N–H and O–H groups in total. The summed E-state index contributed by atoms with van der Waals surface area (Å²) in [5.74, 6) is -0.896. The van der Waals surface area contributed by atoms with Crippen LogP contribution >= 0.6 is 0 Å². The number of carbonyl (C=O) groups is 3. The number of esters is 1. The van der Waals surface area contributed by atoms with Crippen LogP contribution in [0.3, 0.4) is 0 Å². The molecule has 1 unspecified atom stereocenters. The average Bonchev–Trinajstić information content (AvgIpc) is 2.29. The zero-order chi connectivity index (χ0) is 14.4. The first kappa shape index (κ1) is 14.7. The van der Waals surface area contributed by atoms with Crippen LogP contribution in [0.1, 0.15) is 19.4 Å². The van der Waals surface area contributed by atoms with E-state index in [9.17, 15) is 14.4 Å². The number of nitrogens with two attached hydrogens (primary N) is 1. The van der Waals surface area contributed by atoms with E-state index in [1.807, 2.05) is 0 Å². The van der Waals surface area contributed by atoms with Crippen LogP contribution in [0.2, 0.25) is 0 Å². The van der Waals surface area contributed by atoms with Crippen LogP contribution in [0.4, 0.5) is 0 Å². The van der Waals surface area contributed by atoms with Gasteiger partial charge in [0.05, 0.1) is 0 Å². The maximum atomic E-state index is 11.2. The van der Waals surface area contributed by atoms with Gasteiger partial charge in [-0.1, -0.05) is 12.1 Å². The van der Waals surface area contributed by atoms with E-state index in [4.69, 9.17) is 10.5 Å². The SMILES string of the molecule is CC(=O)NC(Cc1ccc(OC(C)=O)cc1)C(N)=O. The molecule has 6 nitrogen and oxygen atoms in total. The van der Waals surface area contributed by atoms with Crippen molar-refractivity contribution < 1.29 is 19.1 Å². The molecule has 0 aliphatic carbocycles. The van der Waals surface area contributed by atoms with Crippen LogP contribution in [0, 0.1) is 0 Å². The predicted molar refractivity (Wildman–Crippen MR) is 68.3 cm³/mol. The largest absolute Gasteiger partial charge is 0.427 e. The van der Waals surface area contributed by atoms with Crippen molar-refractivity contribution in [2.24, 2.45) is 5.73 Å². The molecule has 0 radical (unpaired) electrons. The van der Waals surface area contributed by atoms with Crippen LogP contribution in [-0.2, 0) is 20.8 Å². The summed E-state index contributed by atoms with van der Waals surface area (Å²) in [6, 6.07) is 5.88. The van der Waals surface area contributed by atoms with Crippen molar-refractivity contribution in [3.63, 3.8) is 0 Å². The molecule has 19 heavy (non-hydrogen) atoms. The molecule has 2 amide bonds. The molecule has 1 rings (SSSR count). The zero-order valence-electron chi connectivity index (χ0n) is 10.8. The molecule has 0 aliphatic rings. The Hall–Kier alpha value is -2.37. The maximum absolute atomic E-state index is 11.2. The fraction of sp³-hybridized carbons (Fsp3) is 0.308. The molecule has 0 spiro atoms. The lowest BCUT2D eigenvalue weighted by Crippen LogP contribution is -2.44. The van der Waals surface area contributed by atoms with Crippen molar-refractivity contribution in [2.75, 3.05) is 0 Å². The molecule has 0 aromatic heterocycles. The second-order valence-electron chi connectivity index (χ2n) is 4.10. The van der Waals surface area contributed by atoms with Gasteiger partial charge in [0.1, 0.15) is 11.8 Å². The molecule has 0 aliphatic heterocycles. The van der Waals surface area contributed by atoms with Crippen molar-refractivity contribution in [1.29, 1.82) is 0 Å². The number of primary amides is 1. The van der Waals surface area contributed by atoms with Crippen LogP contribution in [0.15, 0.2) is 24.3 Å². The Balaban J connectivity index is 2.72. The maximum Gasteiger partial charge on any atom is 0.308 e. The normalized spacial score (nSPS) is 11.5. The molecule has 0 heterocycles. The van der Waals surface area contributed by atoms with Gasteiger partial charge in [-0.2, -0.15) is 0 Å². The number of carbonyl (C=O) groups excluding carboxylic acids is 3. The van der Waals surface area contributed by atoms with E-state index in [1.165, 1.54) is 13.8 Å². The first-order chi connectivity index (χ1) is 8.88. The molecule has 1 atom stereocenters. The third kappa shape index (κ3) is 5.20. The number of amides is 2. The second-order valence-corrected chi connectivity index (χ2v) is 4.10. The van der Waals surface area contributed by atoms with Crippen molar-refractivity contribution in [1.82, 2.24) is 5.32 Å². The summed E-state index contributed by atoms with van der Waals surface area (Å²) in [4.78, 5) is 32.9. The molecule has 1 aromatic carbocycles. The van der Waals surface area contributed by atoms with Gasteiger partial charge >= 0.3 is 5.97 Å². The Bertz CT molecular complexity index is 482. The summed E-state index contributed by atoms with van der Waals surface area (Å²) in [5.41, 5.74) is 6.01. The highest BCUT2D eigenvalue weighted by Gasteiger charge is 2.16. The van der Waals surface area contributed by atoms with Crippen LogP contribution in [-0.4, -0.2) is 23.8 Å². The summed E-state index contributed by atoms with van der Waals surface area (Å²) in [6.45, 7) is 2.63. The average molecular weight is 264 g/mol. The quantitative estimate of drug-likeness (QED) is 0.584. The third-order valence-corrected chi connectivity index (χ3v) is 2.35. The molecule has 0 bridgehead atoms. The van der Waals surface area contributed by atoms with E-state index >= 15 is 0 Å². The van der Waals surface area contributed by atoms with Crippen molar-refractivity contribution >= 4 is 17.8 Å². The minimum atomic E-state index is -0.753. The summed E-state index contributed by atoms with van der Waals surface area (Å²) < 4.78 is 4.89. The highest BCUT2D eigenvalue weighted by molar-refractivity contribution is 5.85.